The molecule has 0 saturated carbocycles. The molecule has 0 fully saturated rings. The molecule has 0 unspecified atom stereocenters. The summed E-state index contributed by atoms with van der Waals surface area (Å²) in [5, 5.41) is 13.2. The van der Waals surface area contributed by atoms with E-state index in [2.05, 4.69) is 10.1 Å². The van der Waals surface area contributed by atoms with Crippen LogP contribution in [-0.2, 0) is 16.1 Å². The largest absolute Gasteiger partial charge is 0.573 e. The first-order valence-electron chi connectivity index (χ1n) is 11.6. The maximum atomic E-state index is 12.9. The van der Waals surface area contributed by atoms with E-state index < -0.39 is 12.3 Å². The van der Waals surface area contributed by atoms with Crippen LogP contribution in [0.3, 0.4) is 0 Å². The first-order valence-corrected chi connectivity index (χ1v) is 11.6. The number of alkyl halides is 3. The SMILES string of the molecule is O=C(CCCC/C=C(\COc1cccc2ccccc12)C(=O)NCc1ccc(OC(F)(F)F)cc1)NO. The van der Waals surface area contributed by atoms with E-state index >= 15 is 0 Å². The van der Waals surface area contributed by atoms with E-state index in [4.69, 9.17) is 9.94 Å². The number of unbranched alkanes of at least 4 members (excludes halogenated alkanes) is 2. The number of fused-ring (bicyclic) bond motifs is 1. The molecule has 0 spiro atoms. The molecule has 3 aromatic rings. The van der Waals surface area contributed by atoms with Gasteiger partial charge in [0, 0.05) is 18.4 Å². The Morgan fingerprint density at radius 2 is 1.68 bits per heavy atom. The van der Waals surface area contributed by atoms with Crippen LogP contribution in [0.25, 0.3) is 10.8 Å². The average molecular weight is 517 g/mol. The van der Waals surface area contributed by atoms with E-state index in [0.29, 0.717) is 36.1 Å². The quantitative estimate of drug-likeness (QED) is 0.129. The maximum Gasteiger partial charge on any atom is 0.573 e. The van der Waals surface area contributed by atoms with Gasteiger partial charge in [0.2, 0.25) is 5.91 Å². The summed E-state index contributed by atoms with van der Waals surface area (Å²) in [6.45, 7) is 0.0860. The molecule has 0 saturated heterocycles. The standard InChI is InChI=1S/C27H27F3N2O5/c28-27(29,30)37-22-15-13-19(14-16-22)17-31-26(34)21(8-2-1-3-12-25(33)32-35)18-36-24-11-6-9-20-7-4-5-10-23(20)24/h4-11,13-16,35H,1-3,12,17-18H2,(H,31,34)(H,32,33)/b21-8+. The van der Waals surface area contributed by atoms with Crippen LogP contribution in [0.4, 0.5) is 13.2 Å². The molecule has 3 N–H and O–H groups in total. The summed E-state index contributed by atoms with van der Waals surface area (Å²) in [6, 6.07) is 18.6. The lowest BCUT2D eigenvalue weighted by molar-refractivity contribution is -0.274. The third-order valence-corrected chi connectivity index (χ3v) is 5.41. The number of hydrogen-bond donors (Lipinski definition) is 3. The minimum atomic E-state index is -4.78. The Labute approximate surface area is 211 Å². The number of carbonyl (C=O) groups is 2. The molecule has 0 atom stereocenters. The highest BCUT2D eigenvalue weighted by Crippen LogP contribution is 2.26. The van der Waals surface area contributed by atoms with Gasteiger partial charge in [-0.25, -0.2) is 5.48 Å². The first kappa shape index (κ1) is 27.5. The number of benzene rings is 3. The van der Waals surface area contributed by atoms with Crippen LogP contribution in [0.15, 0.2) is 78.4 Å². The van der Waals surface area contributed by atoms with Gasteiger partial charge >= 0.3 is 6.36 Å². The lowest BCUT2D eigenvalue weighted by Crippen LogP contribution is -2.27. The van der Waals surface area contributed by atoms with Crippen molar-refractivity contribution in [1.29, 1.82) is 0 Å². The number of nitrogens with one attached hydrogen (secondary N) is 2. The highest BCUT2D eigenvalue weighted by atomic mass is 19.4. The number of amides is 2. The molecule has 0 aliphatic carbocycles. The van der Waals surface area contributed by atoms with Crippen LogP contribution in [0.2, 0.25) is 0 Å². The first-order chi connectivity index (χ1) is 17.7. The summed E-state index contributed by atoms with van der Waals surface area (Å²) in [5.41, 5.74) is 2.54. The van der Waals surface area contributed by atoms with E-state index in [-0.39, 0.29) is 31.2 Å². The minimum absolute atomic E-state index is 0.00464. The maximum absolute atomic E-state index is 12.9. The summed E-state index contributed by atoms with van der Waals surface area (Å²) in [5.74, 6) is -0.588. The van der Waals surface area contributed by atoms with Gasteiger partial charge in [-0.3, -0.25) is 14.8 Å². The molecule has 0 heterocycles. The molecule has 0 aliphatic rings. The number of allylic oxidation sites excluding steroid dienone is 1. The highest BCUT2D eigenvalue weighted by molar-refractivity contribution is 5.94. The number of hydrogen-bond acceptors (Lipinski definition) is 5. The summed E-state index contributed by atoms with van der Waals surface area (Å²) in [6.07, 6.45) is -1.25. The van der Waals surface area contributed by atoms with Crippen molar-refractivity contribution in [2.45, 2.75) is 38.6 Å². The summed E-state index contributed by atoms with van der Waals surface area (Å²) in [7, 11) is 0. The fourth-order valence-corrected chi connectivity index (χ4v) is 3.56. The third-order valence-electron chi connectivity index (χ3n) is 5.41. The molecule has 0 aromatic heterocycles. The molecule has 196 valence electrons. The van der Waals surface area contributed by atoms with E-state index in [1.54, 1.807) is 11.6 Å². The van der Waals surface area contributed by atoms with E-state index in [1.165, 1.54) is 24.3 Å². The van der Waals surface area contributed by atoms with Gasteiger partial charge in [0.05, 0.1) is 5.57 Å². The number of halogens is 3. The number of carbonyl (C=O) groups excluding carboxylic acids is 2. The van der Waals surface area contributed by atoms with Crippen LogP contribution in [0.5, 0.6) is 11.5 Å². The number of hydroxylamine groups is 1. The molecule has 7 nitrogen and oxygen atoms in total. The molecule has 3 aromatic carbocycles. The molecule has 0 aliphatic heterocycles. The van der Waals surface area contributed by atoms with Gasteiger partial charge in [0.15, 0.2) is 0 Å². The molecule has 3 rings (SSSR count). The second-order valence-corrected chi connectivity index (χ2v) is 8.15. The molecule has 0 bridgehead atoms. The zero-order valence-electron chi connectivity index (χ0n) is 19.9. The second kappa shape index (κ2) is 13.3. The molecule has 37 heavy (non-hydrogen) atoms. The minimum Gasteiger partial charge on any atom is -0.488 e. The van der Waals surface area contributed by atoms with E-state index in [1.807, 2.05) is 42.5 Å². The summed E-state index contributed by atoms with van der Waals surface area (Å²) >= 11 is 0. The van der Waals surface area contributed by atoms with Crippen molar-refractivity contribution in [2.75, 3.05) is 6.61 Å². The van der Waals surface area contributed by atoms with Crippen molar-refractivity contribution in [1.82, 2.24) is 10.8 Å². The molecule has 0 radical (unpaired) electrons. The van der Waals surface area contributed by atoms with E-state index in [0.717, 1.165) is 10.8 Å². The fraction of sp³-hybridized carbons (Fsp3) is 0.259. The lowest BCUT2D eigenvalue weighted by atomic mass is 10.1. The Balaban J connectivity index is 1.64. The van der Waals surface area contributed by atoms with Crippen molar-refractivity contribution in [3.8, 4) is 11.5 Å². The van der Waals surface area contributed by atoms with Crippen molar-refractivity contribution in [2.24, 2.45) is 0 Å². The predicted molar refractivity (Wildman–Crippen MR) is 131 cm³/mol. The Bertz CT molecular complexity index is 1220. The summed E-state index contributed by atoms with van der Waals surface area (Å²) in [4.78, 5) is 24.1. The fourth-order valence-electron chi connectivity index (χ4n) is 3.56. The third kappa shape index (κ3) is 9.16. The van der Waals surface area contributed by atoms with Crippen molar-refractivity contribution in [3.63, 3.8) is 0 Å². The van der Waals surface area contributed by atoms with Crippen molar-refractivity contribution < 1.29 is 37.4 Å². The predicted octanol–water partition coefficient (Wildman–Crippen LogP) is 5.43. The topological polar surface area (TPSA) is 96.9 Å². The van der Waals surface area contributed by atoms with Crippen molar-refractivity contribution >= 4 is 22.6 Å². The lowest BCUT2D eigenvalue weighted by Gasteiger charge is -2.13. The normalized spacial score (nSPS) is 11.7. The molecule has 10 heteroatoms. The summed E-state index contributed by atoms with van der Waals surface area (Å²) < 4.78 is 46.9. The van der Waals surface area contributed by atoms with Crippen LogP contribution < -0.4 is 20.3 Å². The Morgan fingerprint density at radius 3 is 2.41 bits per heavy atom. The molecule has 2 amide bonds. The van der Waals surface area contributed by atoms with Gasteiger partial charge in [-0.1, -0.05) is 54.6 Å². The van der Waals surface area contributed by atoms with Crippen LogP contribution in [-0.4, -0.2) is 30.0 Å². The zero-order chi connectivity index (χ0) is 26.7. The van der Waals surface area contributed by atoms with E-state index in [9.17, 15) is 22.8 Å². The Hall–Kier alpha value is -4.05. The highest BCUT2D eigenvalue weighted by Gasteiger charge is 2.30. The van der Waals surface area contributed by atoms with Crippen LogP contribution >= 0.6 is 0 Å². The Morgan fingerprint density at radius 1 is 0.946 bits per heavy atom. The van der Waals surface area contributed by atoms with Gasteiger partial charge in [-0.2, -0.15) is 0 Å². The number of ether oxygens (including phenoxy) is 2. The number of rotatable bonds is 12. The molecular weight excluding hydrogens is 489 g/mol. The van der Waals surface area contributed by atoms with Gasteiger partial charge in [0.25, 0.3) is 5.91 Å². The van der Waals surface area contributed by atoms with Crippen molar-refractivity contribution in [3.05, 3.63) is 83.9 Å². The van der Waals surface area contributed by atoms with Gasteiger partial charge < -0.3 is 14.8 Å². The monoisotopic (exact) mass is 516 g/mol. The smallest absolute Gasteiger partial charge is 0.488 e. The van der Waals surface area contributed by atoms with Gasteiger partial charge in [-0.05, 0) is 48.4 Å². The average Bonchev–Trinajstić information content (AvgIpc) is 2.88. The van der Waals surface area contributed by atoms with Crippen LogP contribution in [0.1, 0.15) is 31.2 Å². The van der Waals surface area contributed by atoms with Gasteiger partial charge in [0.1, 0.15) is 18.1 Å². The van der Waals surface area contributed by atoms with Gasteiger partial charge in [-0.15, -0.1) is 13.2 Å². The molecular formula is C27H27F3N2O5. The Kier molecular flexibility index (Phi) is 9.91. The second-order valence-electron chi connectivity index (χ2n) is 8.15. The zero-order valence-corrected chi connectivity index (χ0v) is 19.9. The van der Waals surface area contributed by atoms with Crippen LogP contribution in [0, 0.1) is 0 Å².